The van der Waals surface area contributed by atoms with Crippen molar-refractivity contribution in [2.75, 3.05) is 0 Å². The molecule has 0 saturated carbocycles. The molecule has 0 aliphatic rings. The van der Waals surface area contributed by atoms with Crippen LogP contribution in [-0.4, -0.2) is 4.98 Å². The molecule has 2 aromatic rings. The number of alkyl halides is 3. The maximum atomic E-state index is 13.4. The zero-order valence-electron chi connectivity index (χ0n) is 9.40. The molecule has 106 valence electrons. The van der Waals surface area contributed by atoms with Crippen molar-refractivity contribution in [3.05, 3.63) is 51.0 Å². The molecule has 0 atom stereocenters. The lowest BCUT2D eigenvalue weighted by Crippen LogP contribution is -2.11. The molecule has 1 nitrogen and oxygen atoms in total. The first kappa shape index (κ1) is 15.4. The van der Waals surface area contributed by atoms with Crippen LogP contribution in [0, 0.1) is 5.95 Å². The fraction of sp³-hybridized carbons (Fsp3) is 0.0833. The topological polar surface area (TPSA) is 12.9 Å². The molecule has 0 radical (unpaired) electrons. The zero-order chi connectivity index (χ0) is 15.1. The van der Waals surface area contributed by atoms with E-state index < -0.39 is 23.3 Å². The lowest BCUT2D eigenvalue weighted by molar-refractivity contribution is -0.139. The number of pyridine rings is 1. The van der Waals surface area contributed by atoms with Crippen LogP contribution in [0.4, 0.5) is 17.6 Å². The fourth-order valence-electron chi connectivity index (χ4n) is 1.66. The summed E-state index contributed by atoms with van der Waals surface area (Å²) in [6.45, 7) is 0. The van der Waals surface area contributed by atoms with Crippen molar-refractivity contribution in [1.82, 2.24) is 4.98 Å². The molecule has 1 aromatic heterocycles. The van der Waals surface area contributed by atoms with Crippen LogP contribution in [0.25, 0.3) is 11.1 Å². The van der Waals surface area contributed by atoms with Crippen LogP contribution in [0.15, 0.2) is 24.4 Å². The van der Waals surface area contributed by atoms with Crippen LogP contribution < -0.4 is 0 Å². The van der Waals surface area contributed by atoms with Crippen molar-refractivity contribution in [3.63, 3.8) is 0 Å². The number of hydrogen-bond donors (Lipinski definition) is 0. The molecule has 1 aromatic carbocycles. The number of aromatic nitrogens is 1. The Kier molecular flexibility index (Phi) is 4.14. The Morgan fingerprint density at radius 2 is 1.55 bits per heavy atom. The van der Waals surface area contributed by atoms with Gasteiger partial charge in [-0.15, -0.1) is 0 Å². The molecule has 0 spiro atoms. The summed E-state index contributed by atoms with van der Waals surface area (Å²) in [4.78, 5) is 3.01. The molecular formula is C12H4Cl3F4N. The number of benzene rings is 1. The van der Waals surface area contributed by atoms with E-state index in [4.69, 9.17) is 34.8 Å². The predicted octanol–water partition coefficient (Wildman–Crippen LogP) is 5.87. The summed E-state index contributed by atoms with van der Waals surface area (Å²) in [5.74, 6) is -1.63. The van der Waals surface area contributed by atoms with Gasteiger partial charge in [0, 0.05) is 17.3 Å². The second-order valence-electron chi connectivity index (χ2n) is 3.74. The van der Waals surface area contributed by atoms with Crippen LogP contribution in [0.2, 0.25) is 15.1 Å². The lowest BCUT2D eigenvalue weighted by atomic mass is 10.0. The minimum atomic E-state index is -4.91. The highest BCUT2D eigenvalue weighted by Gasteiger charge is 2.38. The summed E-state index contributed by atoms with van der Waals surface area (Å²) in [6.07, 6.45) is -4.00. The fourth-order valence-corrected chi connectivity index (χ4v) is 2.30. The van der Waals surface area contributed by atoms with Gasteiger partial charge in [-0.3, -0.25) is 0 Å². The summed E-state index contributed by atoms with van der Waals surface area (Å²) in [5, 5.41) is -0.199. The highest BCUT2D eigenvalue weighted by atomic mass is 35.5. The monoisotopic (exact) mass is 343 g/mol. The third-order valence-corrected chi connectivity index (χ3v) is 3.81. The quantitative estimate of drug-likeness (QED) is 0.358. The van der Waals surface area contributed by atoms with Gasteiger partial charge in [0.15, 0.2) is 0 Å². The largest absolute Gasteiger partial charge is 0.421 e. The van der Waals surface area contributed by atoms with E-state index in [-0.39, 0.29) is 20.6 Å². The van der Waals surface area contributed by atoms with E-state index in [9.17, 15) is 17.6 Å². The van der Waals surface area contributed by atoms with E-state index in [1.807, 2.05) is 0 Å². The number of hydrogen-bond acceptors (Lipinski definition) is 1. The SMILES string of the molecule is Fc1nccc(-c2ccc(Cl)c(Cl)c2Cl)c1C(F)(F)F. The summed E-state index contributed by atoms with van der Waals surface area (Å²) < 4.78 is 52.2. The third-order valence-electron chi connectivity index (χ3n) is 2.51. The van der Waals surface area contributed by atoms with Crippen molar-refractivity contribution < 1.29 is 17.6 Å². The minimum absolute atomic E-state index is 0.0744. The van der Waals surface area contributed by atoms with E-state index in [1.165, 1.54) is 12.1 Å². The standard InChI is InChI=1S/C12H4Cl3F4N/c13-7-2-1-6(9(14)10(7)15)5-3-4-20-11(16)8(5)12(17,18)19/h1-4H. The van der Waals surface area contributed by atoms with Crippen LogP contribution in [0.1, 0.15) is 5.56 Å². The van der Waals surface area contributed by atoms with Crippen molar-refractivity contribution in [2.24, 2.45) is 0 Å². The Morgan fingerprint density at radius 3 is 2.15 bits per heavy atom. The van der Waals surface area contributed by atoms with Crippen LogP contribution in [0.5, 0.6) is 0 Å². The second-order valence-corrected chi connectivity index (χ2v) is 4.91. The summed E-state index contributed by atoms with van der Waals surface area (Å²) in [6, 6.07) is 3.53. The molecule has 0 bridgehead atoms. The van der Waals surface area contributed by atoms with E-state index in [2.05, 4.69) is 4.98 Å². The van der Waals surface area contributed by atoms with E-state index in [0.29, 0.717) is 0 Å². The summed E-state index contributed by atoms with van der Waals surface area (Å²) >= 11 is 17.4. The van der Waals surface area contributed by atoms with Gasteiger partial charge in [0.05, 0.1) is 15.1 Å². The lowest BCUT2D eigenvalue weighted by Gasteiger charge is -2.14. The zero-order valence-corrected chi connectivity index (χ0v) is 11.7. The highest BCUT2D eigenvalue weighted by molar-refractivity contribution is 6.49. The van der Waals surface area contributed by atoms with Crippen LogP contribution in [-0.2, 0) is 6.18 Å². The molecule has 0 fully saturated rings. The van der Waals surface area contributed by atoms with Gasteiger partial charge in [0.2, 0.25) is 5.95 Å². The van der Waals surface area contributed by atoms with Gasteiger partial charge in [-0.25, -0.2) is 4.98 Å². The first-order valence-corrected chi connectivity index (χ1v) is 6.22. The predicted molar refractivity (Wildman–Crippen MR) is 69.7 cm³/mol. The molecule has 2 rings (SSSR count). The van der Waals surface area contributed by atoms with Crippen LogP contribution in [0.3, 0.4) is 0 Å². The van der Waals surface area contributed by atoms with Gasteiger partial charge in [0.1, 0.15) is 5.56 Å². The third kappa shape index (κ3) is 2.71. The van der Waals surface area contributed by atoms with E-state index in [0.717, 1.165) is 12.3 Å². The molecule has 1 heterocycles. The molecule has 0 unspecified atom stereocenters. The smallest absolute Gasteiger partial charge is 0.228 e. The number of rotatable bonds is 1. The van der Waals surface area contributed by atoms with Crippen molar-refractivity contribution in [1.29, 1.82) is 0 Å². The molecule has 0 aliphatic carbocycles. The Bertz CT molecular complexity index is 670. The highest BCUT2D eigenvalue weighted by Crippen LogP contribution is 2.43. The molecule has 0 aliphatic heterocycles. The van der Waals surface area contributed by atoms with Gasteiger partial charge in [0.25, 0.3) is 0 Å². The second kappa shape index (κ2) is 5.39. The Balaban J connectivity index is 2.78. The van der Waals surface area contributed by atoms with E-state index in [1.54, 1.807) is 0 Å². The van der Waals surface area contributed by atoms with Gasteiger partial charge in [-0.05, 0) is 12.1 Å². The van der Waals surface area contributed by atoms with Gasteiger partial charge in [-0.2, -0.15) is 17.6 Å². The average Bonchev–Trinajstić information content (AvgIpc) is 2.34. The molecule has 0 saturated heterocycles. The maximum Gasteiger partial charge on any atom is 0.421 e. The van der Waals surface area contributed by atoms with Gasteiger partial charge in [-0.1, -0.05) is 40.9 Å². The summed E-state index contributed by atoms with van der Waals surface area (Å²) in [5.41, 5.74) is -2.02. The Morgan fingerprint density at radius 1 is 0.900 bits per heavy atom. The number of halogens is 7. The molecular weight excluding hydrogens is 340 g/mol. The normalized spacial score (nSPS) is 11.8. The van der Waals surface area contributed by atoms with Gasteiger partial charge >= 0.3 is 6.18 Å². The Hall–Kier alpha value is -1.04. The minimum Gasteiger partial charge on any atom is -0.228 e. The summed E-state index contributed by atoms with van der Waals surface area (Å²) in [7, 11) is 0. The molecule has 20 heavy (non-hydrogen) atoms. The molecule has 8 heteroatoms. The number of nitrogens with zero attached hydrogens (tertiary/aromatic N) is 1. The first-order chi connectivity index (χ1) is 9.23. The first-order valence-electron chi connectivity index (χ1n) is 5.09. The van der Waals surface area contributed by atoms with Crippen molar-refractivity contribution in [2.45, 2.75) is 6.18 Å². The van der Waals surface area contributed by atoms with Crippen molar-refractivity contribution in [3.8, 4) is 11.1 Å². The van der Waals surface area contributed by atoms with Gasteiger partial charge < -0.3 is 0 Å². The van der Waals surface area contributed by atoms with E-state index >= 15 is 0 Å². The van der Waals surface area contributed by atoms with Crippen LogP contribution >= 0.6 is 34.8 Å². The maximum absolute atomic E-state index is 13.4. The molecule has 0 N–H and O–H groups in total. The Labute approximate surface area is 126 Å². The van der Waals surface area contributed by atoms with Crippen molar-refractivity contribution >= 4 is 34.8 Å². The average molecular weight is 345 g/mol. The molecule has 0 amide bonds.